The number of rotatable bonds is 5. The molecule has 0 aliphatic rings. The number of methoxy groups -OCH3 is 1. The van der Waals surface area contributed by atoms with Gasteiger partial charge in [0, 0.05) is 22.6 Å². The van der Waals surface area contributed by atoms with Crippen molar-refractivity contribution in [1.29, 1.82) is 0 Å². The standard InChI is InChI=1S/C16H15BrFNO2/c1-21-15-8-7-12(10-14(15)18)19-16(20)9-6-11-4-2-3-5-13(11)17/h2-5,7-8,10H,6,9H2,1H3,(H,19,20). The second-order valence-electron chi connectivity index (χ2n) is 4.49. The van der Waals surface area contributed by atoms with Crippen molar-refractivity contribution in [1.82, 2.24) is 0 Å². The van der Waals surface area contributed by atoms with Gasteiger partial charge in [-0.05, 0) is 30.2 Å². The van der Waals surface area contributed by atoms with E-state index in [1.807, 2.05) is 24.3 Å². The molecule has 0 saturated heterocycles. The lowest BCUT2D eigenvalue weighted by molar-refractivity contribution is -0.116. The number of hydrogen-bond donors (Lipinski definition) is 1. The molecule has 1 N–H and O–H groups in total. The third kappa shape index (κ3) is 4.29. The van der Waals surface area contributed by atoms with Crippen LogP contribution in [-0.2, 0) is 11.2 Å². The molecular weight excluding hydrogens is 337 g/mol. The molecule has 0 aliphatic carbocycles. The first-order chi connectivity index (χ1) is 10.1. The number of amides is 1. The van der Waals surface area contributed by atoms with Gasteiger partial charge in [-0.15, -0.1) is 0 Å². The minimum atomic E-state index is -0.499. The summed E-state index contributed by atoms with van der Waals surface area (Å²) >= 11 is 3.44. The molecule has 2 aromatic rings. The van der Waals surface area contributed by atoms with E-state index in [2.05, 4.69) is 21.2 Å². The van der Waals surface area contributed by atoms with E-state index in [9.17, 15) is 9.18 Å². The molecule has 3 nitrogen and oxygen atoms in total. The zero-order valence-electron chi connectivity index (χ0n) is 11.5. The smallest absolute Gasteiger partial charge is 0.224 e. The fraction of sp³-hybridized carbons (Fsp3) is 0.188. The van der Waals surface area contributed by atoms with E-state index < -0.39 is 5.82 Å². The van der Waals surface area contributed by atoms with Gasteiger partial charge in [0.1, 0.15) is 0 Å². The molecule has 0 spiro atoms. The highest BCUT2D eigenvalue weighted by Gasteiger charge is 2.08. The van der Waals surface area contributed by atoms with E-state index in [1.165, 1.54) is 19.2 Å². The summed E-state index contributed by atoms with van der Waals surface area (Å²) in [5, 5.41) is 2.67. The molecule has 0 saturated carbocycles. The summed E-state index contributed by atoms with van der Waals surface area (Å²) in [7, 11) is 1.40. The van der Waals surface area contributed by atoms with Crippen molar-refractivity contribution < 1.29 is 13.9 Å². The van der Waals surface area contributed by atoms with Gasteiger partial charge in [-0.2, -0.15) is 0 Å². The molecule has 0 bridgehead atoms. The molecule has 21 heavy (non-hydrogen) atoms. The number of aryl methyl sites for hydroxylation is 1. The van der Waals surface area contributed by atoms with Crippen LogP contribution in [0.3, 0.4) is 0 Å². The van der Waals surface area contributed by atoms with Gasteiger partial charge in [-0.1, -0.05) is 34.1 Å². The summed E-state index contributed by atoms with van der Waals surface area (Å²) in [5.74, 6) is -0.502. The highest BCUT2D eigenvalue weighted by Crippen LogP contribution is 2.21. The SMILES string of the molecule is COc1ccc(NC(=O)CCc2ccccc2Br)cc1F. The highest BCUT2D eigenvalue weighted by atomic mass is 79.9. The first kappa shape index (κ1) is 15.5. The third-order valence-electron chi connectivity index (χ3n) is 3.01. The number of halogens is 2. The number of ether oxygens (including phenoxy) is 1. The van der Waals surface area contributed by atoms with Crippen LogP contribution < -0.4 is 10.1 Å². The summed E-state index contributed by atoms with van der Waals surface area (Å²) in [5.41, 5.74) is 1.49. The van der Waals surface area contributed by atoms with E-state index in [4.69, 9.17) is 4.74 Å². The third-order valence-corrected chi connectivity index (χ3v) is 3.79. The maximum atomic E-state index is 13.5. The van der Waals surface area contributed by atoms with E-state index in [0.717, 1.165) is 10.0 Å². The van der Waals surface area contributed by atoms with Crippen LogP contribution in [-0.4, -0.2) is 13.0 Å². The van der Waals surface area contributed by atoms with Crippen LogP contribution in [0.1, 0.15) is 12.0 Å². The fourth-order valence-corrected chi connectivity index (χ4v) is 2.40. The highest BCUT2D eigenvalue weighted by molar-refractivity contribution is 9.10. The molecular formula is C16H15BrFNO2. The molecule has 110 valence electrons. The molecule has 0 aromatic heterocycles. The molecule has 2 aromatic carbocycles. The van der Waals surface area contributed by atoms with Crippen molar-refractivity contribution in [3.05, 3.63) is 58.3 Å². The van der Waals surface area contributed by atoms with Crippen LogP contribution in [0, 0.1) is 5.82 Å². The molecule has 0 unspecified atom stereocenters. The van der Waals surface area contributed by atoms with Gasteiger partial charge in [0.05, 0.1) is 7.11 Å². The Kier molecular flexibility index (Phi) is 5.33. The minimum absolute atomic E-state index is 0.154. The summed E-state index contributed by atoms with van der Waals surface area (Å²) in [4.78, 5) is 11.9. The molecule has 5 heteroatoms. The molecule has 0 fully saturated rings. The van der Waals surface area contributed by atoms with Crippen LogP contribution in [0.2, 0.25) is 0 Å². The normalized spacial score (nSPS) is 10.2. The predicted molar refractivity (Wildman–Crippen MR) is 84.0 cm³/mol. The molecule has 0 aliphatic heterocycles. The topological polar surface area (TPSA) is 38.3 Å². The molecule has 2 rings (SSSR count). The largest absolute Gasteiger partial charge is 0.494 e. The second-order valence-corrected chi connectivity index (χ2v) is 5.34. The Labute approximate surface area is 131 Å². The van der Waals surface area contributed by atoms with E-state index in [0.29, 0.717) is 18.5 Å². The Hall–Kier alpha value is -1.88. The van der Waals surface area contributed by atoms with Crippen LogP contribution in [0.4, 0.5) is 10.1 Å². The van der Waals surface area contributed by atoms with E-state index >= 15 is 0 Å². The summed E-state index contributed by atoms with van der Waals surface area (Å²) in [6.07, 6.45) is 0.947. The van der Waals surface area contributed by atoms with Crippen molar-refractivity contribution in [2.45, 2.75) is 12.8 Å². The van der Waals surface area contributed by atoms with Crippen LogP contribution in [0.25, 0.3) is 0 Å². The van der Waals surface area contributed by atoms with Gasteiger partial charge < -0.3 is 10.1 Å². The predicted octanol–water partition coefficient (Wildman–Crippen LogP) is 4.17. The summed E-state index contributed by atoms with van der Waals surface area (Å²) in [6.45, 7) is 0. The Morgan fingerprint density at radius 3 is 2.71 bits per heavy atom. The lowest BCUT2D eigenvalue weighted by Gasteiger charge is -2.08. The van der Waals surface area contributed by atoms with Gasteiger partial charge in [0.15, 0.2) is 11.6 Å². The minimum Gasteiger partial charge on any atom is -0.494 e. The quantitative estimate of drug-likeness (QED) is 0.877. The number of hydrogen-bond acceptors (Lipinski definition) is 2. The summed E-state index contributed by atoms with van der Waals surface area (Å²) in [6, 6.07) is 12.1. The number of anilines is 1. The number of carbonyl (C=O) groups excluding carboxylic acids is 1. The number of carbonyl (C=O) groups is 1. The lowest BCUT2D eigenvalue weighted by atomic mass is 10.1. The van der Waals surface area contributed by atoms with Crippen molar-refractivity contribution >= 4 is 27.5 Å². The zero-order valence-corrected chi connectivity index (χ0v) is 13.1. The van der Waals surface area contributed by atoms with Crippen molar-refractivity contribution in [3.8, 4) is 5.75 Å². The molecule has 0 radical (unpaired) electrons. The fourth-order valence-electron chi connectivity index (χ4n) is 1.92. The van der Waals surface area contributed by atoms with Gasteiger partial charge in [-0.25, -0.2) is 4.39 Å². The summed E-state index contributed by atoms with van der Waals surface area (Å²) < 4.78 is 19.3. The molecule has 0 atom stereocenters. The average molecular weight is 352 g/mol. The lowest BCUT2D eigenvalue weighted by Crippen LogP contribution is -2.12. The van der Waals surface area contributed by atoms with Crippen molar-refractivity contribution in [3.63, 3.8) is 0 Å². The van der Waals surface area contributed by atoms with Crippen LogP contribution in [0.15, 0.2) is 46.9 Å². The number of benzene rings is 2. The Morgan fingerprint density at radius 2 is 2.05 bits per heavy atom. The average Bonchev–Trinajstić information content (AvgIpc) is 2.46. The monoisotopic (exact) mass is 351 g/mol. The first-order valence-corrected chi connectivity index (χ1v) is 7.26. The zero-order chi connectivity index (χ0) is 15.2. The van der Waals surface area contributed by atoms with Crippen molar-refractivity contribution in [2.24, 2.45) is 0 Å². The maximum absolute atomic E-state index is 13.5. The molecule has 0 heterocycles. The van der Waals surface area contributed by atoms with Gasteiger partial charge in [0.2, 0.25) is 5.91 Å². The van der Waals surface area contributed by atoms with Crippen LogP contribution in [0.5, 0.6) is 5.75 Å². The second kappa shape index (κ2) is 7.22. The van der Waals surface area contributed by atoms with E-state index in [-0.39, 0.29) is 11.7 Å². The number of nitrogens with one attached hydrogen (secondary N) is 1. The first-order valence-electron chi connectivity index (χ1n) is 6.47. The Bertz CT molecular complexity index is 646. The van der Waals surface area contributed by atoms with Gasteiger partial charge in [0.25, 0.3) is 0 Å². The van der Waals surface area contributed by atoms with Gasteiger partial charge in [-0.3, -0.25) is 4.79 Å². The Morgan fingerprint density at radius 1 is 1.29 bits per heavy atom. The van der Waals surface area contributed by atoms with Gasteiger partial charge >= 0.3 is 0 Å². The van der Waals surface area contributed by atoms with Crippen LogP contribution >= 0.6 is 15.9 Å². The van der Waals surface area contributed by atoms with Crippen molar-refractivity contribution in [2.75, 3.05) is 12.4 Å². The maximum Gasteiger partial charge on any atom is 0.224 e. The molecule has 1 amide bonds. The van der Waals surface area contributed by atoms with E-state index in [1.54, 1.807) is 6.07 Å². The Balaban J connectivity index is 1.93.